The Kier molecular flexibility index (Phi) is 2.83. The second kappa shape index (κ2) is 3.95. The maximum atomic E-state index is 4.21. The second-order valence-corrected chi connectivity index (χ2v) is 1.89. The van der Waals surface area contributed by atoms with Crippen LogP contribution in [0.1, 0.15) is 5.56 Å². The van der Waals surface area contributed by atoms with Crippen LogP contribution in [0.15, 0.2) is 35.5 Å². The summed E-state index contributed by atoms with van der Waals surface area (Å²) in [5.41, 5.74) is 0.997. The molecule has 0 aliphatic heterocycles. The van der Waals surface area contributed by atoms with Crippen LogP contribution in [0.25, 0.3) is 0 Å². The first-order chi connectivity index (χ1) is 4.93. The molecule has 2 nitrogen and oxygen atoms in total. The van der Waals surface area contributed by atoms with Crippen molar-refractivity contribution in [2.24, 2.45) is 5.16 Å². The molecule has 0 saturated heterocycles. The van der Waals surface area contributed by atoms with E-state index in [9.17, 15) is 0 Å². The third kappa shape index (κ3) is 2.11. The van der Waals surface area contributed by atoms with Crippen molar-refractivity contribution in [3.05, 3.63) is 35.9 Å². The predicted molar refractivity (Wildman–Crippen MR) is 44.1 cm³/mol. The van der Waals surface area contributed by atoms with Gasteiger partial charge in [0.15, 0.2) is 0 Å². The Morgan fingerprint density at radius 2 is 2.00 bits per heavy atom. The van der Waals surface area contributed by atoms with E-state index in [1.165, 1.54) is 0 Å². The van der Waals surface area contributed by atoms with Gasteiger partial charge in [-0.15, -0.1) is 0 Å². The van der Waals surface area contributed by atoms with Crippen LogP contribution in [0.3, 0.4) is 0 Å². The molecule has 52 valence electrons. The summed E-state index contributed by atoms with van der Waals surface area (Å²) in [5, 5.41) is 3.48. The number of rotatable bonds is 2. The first-order valence-electron chi connectivity index (χ1n) is 2.82. The molecule has 10 heavy (non-hydrogen) atoms. The van der Waals surface area contributed by atoms with E-state index in [2.05, 4.69) is 22.3 Å². The zero-order valence-electron chi connectivity index (χ0n) is 5.27. The van der Waals surface area contributed by atoms with Crippen molar-refractivity contribution in [3.63, 3.8) is 0 Å². The van der Waals surface area contributed by atoms with Gasteiger partial charge in [0.05, 0.1) is 19.1 Å². The maximum Gasteiger partial charge on any atom is 0.0750 e. The fraction of sp³-hybridized carbons (Fsp3) is 0. The van der Waals surface area contributed by atoms with Gasteiger partial charge in [-0.2, -0.15) is 0 Å². The van der Waals surface area contributed by atoms with Crippen molar-refractivity contribution < 1.29 is 4.28 Å². The first-order valence-corrected chi connectivity index (χ1v) is 3.19. The highest BCUT2D eigenvalue weighted by molar-refractivity contribution is 7.75. The lowest BCUT2D eigenvalue weighted by molar-refractivity contribution is 0.417. The molecule has 1 aromatic carbocycles. The Morgan fingerprint density at radius 3 is 2.60 bits per heavy atom. The SMILES string of the molecule is SO/N=C/c1ccccc1. The summed E-state index contributed by atoms with van der Waals surface area (Å²) >= 11 is 3.45. The van der Waals surface area contributed by atoms with Crippen LogP contribution in [-0.2, 0) is 4.28 Å². The normalized spacial score (nSPS) is 10.1. The number of thiol groups is 1. The van der Waals surface area contributed by atoms with Crippen molar-refractivity contribution in [2.45, 2.75) is 0 Å². The van der Waals surface area contributed by atoms with Crippen molar-refractivity contribution in [3.8, 4) is 0 Å². The van der Waals surface area contributed by atoms with E-state index >= 15 is 0 Å². The van der Waals surface area contributed by atoms with Crippen LogP contribution in [0, 0.1) is 0 Å². The molecule has 0 spiro atoms. The molecule has 0 saturated carbocycles. The summed E-state index contributed by atoms with van der Waals surface area (Å²) in [4.78, 5) is 0. The summed E-state index contributed by atoms with van der Waals surface area (Å²) in [5.74, 6) is 0. The lowest BCUT2D eigenvalue weighted by Gasteiger charge is -1.87. The molecule has 0 amide bonds. The van der Waals surface area contributed by atoms with Gasteiger partial charge in [0.1, 0.15) is 0 Å². The summed E-state index contributed by atoms with van der Waals surface area (Å²) in [6.45, 7) is 0. The molecule has 0 unspecified atom stereocenters. The largest absolute Gasteiger partial charge is 0.326 e. The predicted octanol–water partition coefficient (Wildman–Crippen LogP) is 1.88. The minimum absolute atomic E-state index is 0.997. The minimum atomic E-state index is 0.997. The van der Waals surface area contributed by atoms with E-state index in [0.29, 0.717) is 0 Å². The van der Waals surface area contributed by atoms with Crippen LogP contribution in [0.5, 0.6) is 0 Å². The van der Waals surface area contributed by atoms with Gasteiger partial charge in [0, 0.05) is 0 Å². The summed E-state index contributed by atoms with van der Waals surface area (Å²) in [6, 6.07) is 9.66. The van der Waals surface area contributed by atoms with Gasteiger partial charge < -0.3 is 4.28 Å². The molecule has 0 radical (unpaired) electrons. The van der Waals surface area contributed by atoms with Crippen LogP contribution < -0.4 is 0 Å². The molecule has 1 rings (SSSR count). The van der Waals surface area contributed by atoms with E-state index in [1.54, 1.807) is 6.21 Å². The summed E-state index contributed by atoms with van der Waals surface area (Å²) < 4.78 is 4.21. The Bertz CT molecular complexity index is 210. The van der Waals surface area contributed by atoms with Crippen molar-refractivity contribution >= 4 is 19.1 Å². The molecule has 3 heteroatoms. The van der Waals surface area contributed by atoms with Gasteiger partial charge >= 0.3 is 0 Å². The van der Waals surface area contributed by atoms with Crippen molar-refractivity contribution in [1.82, 2.24) is 0 Å². The number of nitrogens with zero attached hydrogens (tertiary/aromatic N) is 1. The first kappa shape index (κ1) is 7.15. The Balaban J connectivity index is 2.67. The standard InChI is InChI=1S/C7H7NOS/c10-9-8-6-7-4-2-1-3-5-7/h1-6,10H/b8-6+. The van der Waals surface area contributed by atoms with E-state index in [0.717, 1.165) is 5.56 Å². The highest BCUT2D eigenvalue weighted by Crippen LogP contribution is 1.94. The average molecular weight is 153 g/mol. The number of benzene rings is 1. The van der Waals surface area contributed by atoms with E-state index < -0.39 is 0 Å². The molecular weight excluding hydrogens is 146 g/mol. The lowest BCUT2D eigenvalue weighted by atomic mass is 10.2. The van der Waals surface area contributed by atoms with E-state index in [-0.39, 0.29) is 0 Å². The van der Waals surface area contributed by atoms with Crippen LogP contribution in [0.4, 0.5) is 0 Å². The van der Waals surface area contributed by atoms with Crippen LogP contribution >= 0.6 is 12.9 Å². The van der Waals surface area contributed by atoms with Gasteiger partial charge in [-0.05, 0) is 5.56 Å². The Labute approximate surface area is 65.1 Å². The van der Waals surface area contributed by atoms with Crippen LogP contribution in [0.2, 0.25) is 0 Å². The number of hydrogen-bond donors (Lipinski definition) is 1. The van der Waals surface area contributed by atoms with Gasteiger partial charge in [0.2, 0.25) is 0 Å². The highest BCUT2D eigenvalue weighted by atomic mass is 32.1. The molecule has 0 aliphatic carbocycles. The molecule has 0 fully saturated rings. The fourth-order valence-electron chi connectivity index (χ4n) is 0.624. The van der Waals surface area contributed by atoms with Gasteiger partial charge in [-0.3, -0.25) is 0 Å². The Hall–Kier alpha value is -0.960. The topological polar surface area (TPSA) is 21.6 Å². The minimum Gasteiger partial charge on any atom is -0.326 e. The maximum absolute atomic E-state index is 4.21. The van der Waals surface area contributed by atoms with E-state index in [4.69, 9.17) is 0 Å². The van der Waals surface area contributed by atoms with Crippen molar-refractivity contribution in [1.29, 1.82) is 0 Å². The molecule has 0 N–H and O–H groups in total. The smallest absolute Gasteiger partial charge is 0.0750 e. The Morgan fingerprint density at radius 1 is 1.30 bits per heavy atom. The van der Waals surface area contributed by atoms with Gasteiger partial charge in [-0.25, -0.2) is 0 Å². The molecule has 0 bridgehead atoms. The highest BCUT2D eigenvalue weighted by Gasteiger charge is 1.81. The average Bonchev–Trinajstić information content (AvgIpc) is 2.03. The summed E-state index contributed by atoms with van der Waals surface area (Å²) in [6.07, 6.45) is 1.59. The third-order valence-electron chi connectivity index (χ3n) is 1.05. The van der Waals surface area contributed by atoms with Crippen molar-refractivity contribution in [2.75, 3.05) is 0 Å². The van der Waals surface area contributed by atoms with Crippen LogP contribution in [-0.4, -0.2) is 6.21 Å². The summed E-state index contributed by atoms with van der Waals surface area (Å²) in [7, 11) is 0. The van der Waals surface area contributed by atoms with Gasteiger partial charge in [0.25, 0.3) is 0 Å². The molecular formula is C7H7NOS. The quantitative estimate of drug-likeness (QED) is 0.298. The zero-order valence-corrected chi connectivity index (χ0v) is 6.16. The fourth-order valence-corrected chi connectivity index (χ4v) is 0.671. The monoisotopic (exact) mass is 153 g/mol. The van der Waals surface area contributed by atoms with Gasteiger partial charge in [-0.1, -0.05) is 35.5 Å². The molecule has 1 aromatic rings. The van der Waals surface area contributed by atoms with E-state index in [1.807, 2.05) is 30.3 Å². The molecule has 0 aliphatic rings. The lowest BCUT2D eigenvalue weighted by Crippen LogP contribution is -1.77. The number of hydrogen-bond acceptors (Lipinski definition) is 3. The third-order valence-corrected chi connectivity index (χ3v) is 1.14. The molecule has 0 atom stereocenters. The molecule has 0 aromatic heterocycles. The number of oxime groups is 1. The zero-order chi connectivity index (χ0) is 7.23. The second-order valence-electron chi connectivity index (χ2n) is 1.73. The molecule has 0 heterocycles.